The quantitative estimate of drug-likeness (QED) is 0.861. The fraction of sp³-hybridized carbons (Fsp3) is 0.278. The Morgan fingerprint density at radius 3 is 2.41 bits per heavy atom. The van der Waals surface area contributed by atoms with Crippen LogP contribution < -0.4 is 4.72 Å². The van der Waals surface area contributed by atoms with E-state index in [1.807, 2.05) is 7.05 Å². The number of benzene rings is 2. The van der Waals surface area contributed by atoms with Crippen molar-refractivity contribution in [3.05, 3.63) is 59.7 Å². The fourth-order valence-corrected chi connectivity index (χ4v) is 3.88. The number of hydrogen-bond acceptors (Lipinski definition) is 4. The van der Waals surface area contributed by atoms with Crippen LogP contribution in [0, 0.1) is 11.6 Å². The first-order valence-corrected chi connectivity index (χ1v) is 9.80. The van der Waals surface area contributed by atoms with E-state index in [0.29, 0.717) is 19.2 Å². The van der Waals surface area contributed by atoms with Gasteiger partial charge in [-0.2, -0.15) is 0 Å². The van der Waals surface area contributed by atoms with Crippen molar-refractivity contribution in [1.82, 2.24) is 9.80 Å². The predicted octanol–water partition coefficient (Wildman–Crippen LogP) is 2.15. The average molecular weight is 395 g/mol. The molecular weight excluding hydrogens is 376 g/mol. The van der Waals surface area contributed by atoms with Crippen LogP contribution in [0.4, 0.5) is 14.5 Å². The first kappa shape index (κ1) is 19.2. The second-order valence-corrected chi connectivity index (χ2v) is 8.04. The minimum atomic E-state index is -4.14. The van der Waals surface area contributed by atoms with Gasteiger partial charge in [0.1, 0.15) is 11.6 Å². The molecule has 3 rings (SSSR count). The van der Waals surface area contributed by atoms with Crippen molar-refractivity contribution >= 4 is 21.6 Å². The normalized spacial score (nSPS) is 15.6. The smallest absolute Gasteiger partial charge is 0.262 e. The molecular formula is C18H19F2N3O3S. The van der Waals surface area contributed by atoms with Gasteiger partial charge in [-0.1, -0.05) is 6.07 Å². The van der Waals surface area contributed by atoms with Crippen LogP contribution in [0.2, 0.25) is 0 Å². The van der Waals surface area contributed by atoms with Crippen LogP contribution in [0.15, 0.2) is 47.4 Å². The Balaban J connectivity index is 1.82. The maximum atomic E-state index is 13.7. The molecule has 1 saturated heterocycles. The zero-order valence-corrected chi connectivity index (χ0v) is 15.5. The maximum Gasteiger partial charge on any atom is 0.262 e. The Bertz CT molecular complexity index is 958. The van der Waals surface area contributed by atoms with E-state index in [1.165, 1.54) is 24.3 Å². The summed E-state index contributed by atoms with van der Waals surface area (Å²) in [6.07, 6.45) is 0. The number of sulfonamides is 1. The predicted molar refractivity (Wildman–Crippen MR) is 97.0 cm³/mol. The first-order valence-electron chi connectivity index (χ1n) is 8.32. The van der Waals surface area contributed by atoms with Crippen LogP contribution in [0.3, 0.4) is 0 Å². The number of nitrogens with one attached hydrogen (secondary N) is 1. The number of hydrogen-bond donors (Lipinski definition) is 1. The van der Waals surface area contributed by atoms with Crippen molar-refractivity contribution in [2.45, 2.75) is 4.90 Å². The fourth-order valence-electron chi connectivity index (χ4n) is 2.76. The molecule has 0 saturated carbocycles. The molecule has 0 bridgehead atoms. The molecule has 27 heavy (non-hydrogen) atoms. The molecule has 2 aromatic rings. The Morgan fingerprint density at radius 1 is 1.04 bits per heavy atom. The lowest BCUT2D eigenvalue weighted by atomic mass is 10.2. The van der Waals surface area contributed by atoms with Crippen molar-refractivity contribution in [3.8, 4) is 0 Å². The number of likely N-dealkylation sites (N-methyl/N-ethyl adjacent to an activating group) is 1. The summed E-state index contributed by atoms with van der Waals surface area (Å²) >= 11 is 0. The molecule has 1 amide bonds. The molecule has 1 aliphatic heterocycles. The molecule has 2 aromatic carbocycles. The van der Waals surface area contributed by atoms with Crippen LogP contribution >= 0.6 is 0 Å². The largest absolute Gasteiger partial charge is 0.336 e. The lowest BCUT2D eigenvalue weighted by molar-refractivity contribution is 0.0664. The number of piperazine rings is 1. The molecule has 1 heterocycles. The summed E-state index contributed by atoms with van der Waals surface area (Å²) in [5.41, 5.74) is -0.130. The summed E-state index contributed by atoms with van der Waals surface area (Å²) in [6, 6.07) is 8.10. The molecule has 9 heteroatoms. The van der Waals surface area contributed by atoms with Gasteiger partial charge >= 0.3 is 0 Å². The highest BCUT2D eigenvalue weighted by Gasteiger charge is 2.23. The summed E-state index contributed by atoms with van der Waals surface area (Å²) in [4.78, 5) is 16.2. The van der Waals surface area contributed by atoms with Crippen molar-refractivity contribution in [3.63, 3.8) is 0 Å². The van der Waals surface area contributed by atoms with Crippen LogP contribution in [0.1, 0.15) is 10.4 Å². The molecule has 0 spiro atoms. The molecule has 6 nitrogen and oxygen atoms in total. The van der Waals surface area contributed by atoms with E-state index in [4.69, 9.17) is 0 Å². The summed E-state index contributed by atoms with van der Waals surface area (Å²) in [7, 11) is -2.17. The summed E-state index contributed by atoms with van der Waals surface area (Å²) < 4.78 is 53.9. The lowest BCUT2D eigenvalue weighted by Crippen LogP contribution is -2.47. The Kier molecular flexibility index (Phi) is 5.43. The monoisotopic (exact) mass is 395 g/mol. The Labute approximate surface area is 156 Å². The third-order valence-corrected chi connectivity index (χ3v) is 5.72. The van der Waals surface area contributed by atoms with Crippen LogP contribution in [0.25, 0.3) is 0 Å². The summed E-state index contributed by atoms with van der Waals surface area (Å²) in [5, 5.41) is 0. The van der Waals surface area contributed by atoms with Gasteiger partial charge in [-0.3, -0.25) is 9.52 Å². The Morgan fingerprint density at radius 2 is 1.74 bits per heavy atom. The minimum absolute atomic E-state index is 0.175. The molecule has 0 aromatic heterocycles. The van der Waals surface area contributed by atoms with E-state index in [-0.39, 0.29) is 22.1 Å². The standard InChI is InChI=1S/C18H19F2N3O3S/c1-22-7-9-23(10-8-22)18(24)13-3-2-4-15(11-13)27(25,26)21-17-6-5-14(19)12-16(17)20/h2-6,11-12,21H,7-10H2,1H3. The highest BCUT2D eigenvalue weighted by atomic mass is 32.2. The molecule has 0 aliphatic carbocycles. The Hall–Kier alpha value is -2.52. The average Bonchev–Trinajstić information content (AvgIpc) is 2.64. The van der Waals surface area contributed by atoms with Crippen LogP contribution in [-0.2, 0) is 10.0 Å². The molecule has 1 N–H and O–H groups in total. The zero-order valence-electron chi connectivity index (χ0n) is 14.7. The number of rotatable bonds is 4. The summed E-state index contributed by atoms with van der Waals surface area (Å²) in [6.45, 7) is 2.61. The minimum Gasteiger partial charge on any atom is -0.336 e. The van der Waals surface area contributed by atoms with E-state index in [2.05, 4.69) is 9.62 Å². The molecule has 0 unspecified atom stereocenters. The van der Waals surface area contributed by atoms with Gasteiger partial charge in [-0.05, 0) is 37.4 Å². The van der Waals surface area contributed by atoms with Gasteiger partial charge in [-0.25, -0.2) is 17.2 Å². The number of nitrogens with zero attached hydrogens (tertiary/aromatic N) is 2. The van der Waals surface area contributed by atoms with E-state index >= 15 is 0 Å². The summed E-state index contributed by atoms with van der Waals surface area (Å²) in [5.74, 6) is -2.09. The second-order valence-electron chi connectivity index (χ2n) is 6.35. The highest BCUT2D eigenvalue weighted by Crippen LogP contribution is 2.21. The number of carbonyl (C=O) groups excluding carboxylic acids is 1. The number of halogens is 2. The number of carbonyl (C=O) groups is 1. The van der Waals surface area contributed by atoms with E-state index in [0.717, 1.165) is 25.2 Å². The van der Waals surface area contributed by atoms with Gasteiger partial charge in [0, 0.05) is 37.8 Å². The van der Waals surface area contributed by atoms with E-state index in [9.17, 15) is 22.0 Å². The van der Waals surface area contributed by atoms with E-state index < -0.39 is 21.7 Å². The van der Waals surface area contributed by atoms with Gasteiger partial charge in [0.2, 0.25) is 0 Å². The van der Waals surface area contributed by atoms with Crippen molar-refractivity contribution in [2.75, 3.05) is 37.9 Å². The SMILES string of the molecule is CN1CCN(C(=O)c2cccc(S(=O)(=O)Nc3ccc(F)cc3F)c2)CC1. The molecule has 1 fully saturated rings. The third-order valence-electron chi connectivity index (χ3n) is 4.36. The van der Waals surface area contributed by atoms with Crippen molar-refractivity contribution in [1.29, 1.82) is 0 Å². The molecule has 1 aliphatic rings. The molecule has 0 radical (unpaired) electrons. The van der Waals surface area contributed by atoms with Gasteiger partial charge in [0.15, 0.2) is 0 Å². The topological polar surface area (TPSA) is 69.7 Å². The van der Waals surface area contributed by atoms with E-state index in [1.54, 1.807) is 4.90 Å². The van der Waals surface area contributed by atoms with Crippen LogP contribution in [0.5, 0.6) is 0 Å². The van der Waals surface area contributed by atoms with Gasteiger partial charge in [0.05, 0.1) is 10.6 Å². The van der Waals surface area contributed by atoms with Crippen molar-refractivity contribution < 1.29 is 22.0 Å². The first-order chi connectivity index (χ1) is 12.8. The van der Waals surface area contributed by atoms with Gasteiger partial charge < -0.3 is 9.80 Å². The van der Waals surface area contributed by atoms with Crippen LogP contribution in [-0.4, -0.2) is 57.4 Å². The zero-order chi connectivity index (χ0) is 19.6. The lowest BCUT2D eigenvalue weighted by Gasteiger charge is -2.32. The van der Waals surface area contributed by atoms with Crippen molar-refractivity contribution in [2.24, 2.45) is 0 Å². The third kappa shape index (κ3) is 4.42. The molecule has 144 valence electrons. The highest BCUT2D eigenvalue weighted by molar-refractivity contribution is 7.92. The van der Waals surface area contributed by atoms with Gasteiger partial charge in [-0.15, -0.1) is 0 Å². The second kappa shape index (κ2) is 7.61. The molecule has 0 atom stereocenters. The maximum absolute atomic E-state index is 13.7. The van der Waals surface area contributed by atoms with Gasteiger partial charge in [0.25, 0.3) is 15.9 Å². The number of amides is 1. The number of anilines is 1.